The van der Waals surface area contributed by atoms with Crippen molar-refractivity contribution in [1.82, 2.24) is 4.90 Å². The molecule has 0 amide bonds. The second kappa shape index (κ2) is 7.42. The first-order valence-electron chi connectivity index (χ1n) is 8.56. The van der Waals surface area contributed by atoms with Crippen molar-refractivity contribution >= 4 is 0 Å². The topological polar surface area (TPSA) is 23.5 Å². The molecule has 0 aromatic heterocycles. The van der Waals surface area contributed by atoms with E-state index in [1.165, 1.54) is 44.3 Å². The number of hydrogen-bond acceptors (Lipinski definition) is 2. The van der Waals surface area contributed by atoms with Crippen LogP contribution in [0.1, 0.15) is 63.2 Å². The number of rotatable bonds is 6. The Morgan fingerprint density at radius 1 is 1.14 bits per heavy atom. The van der Waals surface area contributed by atoms with Crippen molar-refractivity contribution in [1.29, 1.82) is 0 Å². The zero-order chi connectivity index (χ0) is 15.3. The Kier molecular flexibility index (Phi) is 5.83. The molecule has 1 saturated heterocycles. The highest BCUT2D eigenvalue weighted by Crippen LogP contribution is 2.38. The fraction of sp³-hybridized carbons (Fsp3) is 0.684. The molecule has 1 aliphatic rings. The molecule has 1 heterocycles. The van der Waals surface area contributed by atoms with E-state index in [-0.39, 0.29) is 6.10 Å². The number of nitrogens with zero attached hydrogens (tertiary/aromatic N) is 1. The molecule has 1 atom stereocenters. The summed E-state index contributed by atoms with van der Waals surface area (Å²) in [6, 6.07) is 8.18. The summed E-state index contributed by atoms with van der Waals surface area (Å²) >= 11 is 0. The van der Waals surface area contributed by atoms with E-state index in [9.17, 15) is 5.11 Å². The van der Waals surface area contributed by atoms with Gasteiger partial charge in [0, 0.05) is 6.54 Å². The van der Waals surface area contributed by atoms with Gasteiger partial charge >= 0.3 is 0 Å². The molecule has 2 nitrogen and oxygen atoms in total. The van der Waals surface area contributed by atoms with Crippen LogP contribution in [-0.2, 0) is 0 Å². The van der Waals surface area contributed by atoms with Gasteiger partial charge < -0.3 is 10.0 Å². The van der Waals surface area contributed by atoms with Crippen LogP contribution in [0.3, 0.4) is 0 Å². The molecule has 1 fully saturated rings. The van der Waals surface area contributed by atoms with Crippen LogP contribution in [0.5, 0.6) is 0 Å². The highest BCUT2D eigenvalue weighted by atomic mass is 16.3. The minimum atomic E-state index is -0.324. The lowest BCUT2D eigenvalue weighted by atomic mass is 9.74. The number of aliphatic hydroxyl groups is 1. The van der Waals surface area contributed by atoms with Gasteiger partial charge in [-0.05, 0) is 55.8 Å². The standard InChI is InChI=1S/C19H31NO/c1-4-19(5-2)11-14-20(15-12-19)13-10-18(21)17-9-7-6-8-16(17)3/h6-9,18,21H,4-5,10-15H2,1-3H3. The van der Waals surface area contributed by atoms with E-state index in [2.05, 4.69) is 37.8 Å². The summed E-state index contributed by atoms with van der Waals surface area (Å²) in [6.07, 6.45) is 5.78. The number of hydrogen-bond donors (Lipinski definition) is 1. The van der Waals surface area contributed by atoms with Gasteiger partial charge in [-0.3, -0.25) is 0 Å². The number of aliphatic hydroxyl groups excluding tert-OH is 1. The van der Waals surface area contributed by atoms with Gasteiger partial charge in [-0.25, -0.2) is 0 Å². The predicted molar refractivity (Wildman–Crippen MR) is 89.4 cm³/mol. The van der Waals surface area contributed by atoms with Crippen LogP contribution in [0.2, 0.25) is 0 Å². The third kappa shape index (κ3) is 4.08. The smallest absolute Gasteiger partial charge is 0.0804 e. The Morgan fingerprint density at radius 3 is 2.33 bits per heavy atom. The predicted octanol–water partition coefficient (Wildman–Crippen LogP) is 4.32. The van der Waals surface area contributed by atoms with Gasteiger partial charge in [0.1, 0.15) is 0 Å². The molecule has 0 radical (unpaired) electrons. The minimum Gasteiger partial charge on any atom is -0.388 e. The second-order valence-corrected chi connectivity index (χ2v) is 6.71. The lowest BCUT2D eigenvalue weighted by Crippen LogP contribution is -2.40. The quantitative estimate of drug-likeness (QED) is 0.843. The molecule has 0 aliphatic carbocycles. The molecule has 21 heavy (non-hydrogen) atoms. The zero-order valence-corrected chi connectivity index (χ0v) is 13.9. The second-order valence-electron chi connectivity index (χ2n) is 6.71. The van der Waals surface area contributed by atoms with E-state index in [0.29, 0.717) is 5.41 Å². The summed E-state index contributed by atoms with van der Waals surface area (Å²) in [5.41, 5.74) is 2.87. The van der Waals surface area contributed by atoms with Gasteiger partial charge in [0.25, 0.3) is 0 Å². The normalized spacial score (nSPS) is 20.4. The van der Waals surface area contributed by atoms with E-state index in [4.69, 9.17) is 0 Å². The van der Waals surface area contributed by atoms with Crippen LogP contribution in [0.4, 0.5) is 0 Å². The van der Waals surface area contributed by atoms with Crippen molar-refractivity contribution in [2.45, 2.75) is 59.0 Å². The molecular formula is C19H31NO. The lowest BCUT2D eigenvalue weighted by Gasteiger charge is -2.41. The Bertz CT molecular complexity index is 429. The van der Waals surface area contributed by atoms with Gasteiger partial charge in [-0.1, -0.05) is 51.0 Å². The summed E-state index contributed by atoms with van der Waals surface area (Å²) in [5, 5.41) is 10.4. The third-order valence-electron chi connectivity index (χ3n) is 5.68. The maximum atomic E-state index is 10.4. The summed E-state index contributed by atoms with van der Waals surface area (Å²) in [6.45, 7) is 10.2. The lowest BCUT2D eigenvalue weighted by molar-refractivity contribution is 0.0780. The van der Waals surface area contributed by atoms with Crippen molar-refractivity contribution in [3.63, 3.8) is 0 Å². The molecule has 0 bridgehead atoms. The summed E-state index contributed by atoms with van der Waals surface area (Å²) < 4.78 is 0. The summed E-state index contributed by atoms with van der Waals surface area (Å²) in [4.78, 5) is 2.53. The largest absolute Gasteiger partial charge is 0.388 e. The fourth-order valence-corrected chi connectivity index (χ4v) is 3.63. The first-order chi connectivity index (χ1) is 10.1. The van der Waals surface area contributed by atoms with Crippen molar-refractivity contribution in [3.8, 4) is 0 Å². The van der Waals surface area contributed by atoms with Crippen LogP contribution in [0.15, 0.2) is 24.3 Å². The monoisotopic (exact) mass is 289 g/mol. The molecular weight excluding hydrogens is 258 g/mol. The van der Waals surface area contributed by atoms with E-state index < -0.39 is 0 Å². The highest BCUT2D eigenvalue weighted by Gasteiger charge is 2.31. The Labute approximate surface area is 130 Å². The number of piperidine rings is 1. The van der Waals surface area contributed by atoms with Gasteiger partial charge in [0.05, 0.1) is 6.10 Å². The maximum absolute atomic E-state index is 10.4. The number of benzene rings is 1. The third-order valence-corrected chi connectivity index (χ3v) is 5.68. The fourth-order valence-electron chi connectivity index (χ4n) is 3.63. The Morgan fingerprint density at radius 2 is 1.76 bits per heavy atom. The van der Waals surface area contributed by atoms with E-state index in [1.807, 2.05) is 12.1 Å². The minimum absolute atomic E-state index is 0.324. The summed E-state index contributed by atoms with van der Waals surface area (Å²) in [7, 11) is 0. The van der Waals surface area contributed by atoms with Gasteiger partial charge in [0.2, 0.25) is 0 Å². The van der Waals surface area contributed by atoms with Gasteiger partial charge in [0.15, 0.2) is 0 Å². The van der Waals surface area contributed by atoms with Crippen molar-refractivity contribution in [3.05, 3.63) is 35.4 Å². The van der Waals surface area contributed by atoms with Crippen LogP contribution in [0, 0.1) is 12.3 Å². The molecule has 0 spiro atoms. The first-order valence-corrected chi connectivity index (χ1v) is 8.56. The number of aryl methyl sites for hydroxylation is 1. The van der Waals surface area contributed by atoms with Crippen LogP contribution >= 0.6 is 0 Å². The van der Waals surface area contributed by atoms with Gasteiger partial charge in [-0.2, -0.15) is 0 Å². The SMILES string of the molecule is CCC1(CC)CCN(CCC(O)c2ccccc2C)CC1. The van der Waals surface area contributed by atoms with E-state index in [0.717, 1.165) is 18.5 Å². The molecule has 118 valence electrons. The first kappa shape index (κ1) is 16.5. The molecule has 1 aromatic rings. The zero-order valence-electron chi connectivity index (χ0n) is 13.9. The molecule has 1 N–H and O–H groups in total. The van der Waals surface area contributed by atoms with E-state index in [1.54, 1.807) is 0 Å². The molecule has 0 saturated carbocycles. The molecule has 1 aliphatic heterocycles. The van der Waals surface area contributed by atoms with Gasteiger partial charge in [-0.15, -0.1) is 0 Å². The Balaban J connectivity index is 1.81. The molecule has 1 unspecified atom stereocenters. The van der Waals surface area contributed by atoms with Crippen molar-refractivity contribution in [2.24, 2.45) is 5.41 Å². The van der Waals surface area contributed by atoms with E-state index >= 15 is 0 Å². The van der Waals surface area contributed by atoms with Crippen LogP contribution in [0.25, 0.3) is 0 Å². The Hall–Kier alpha value is -0.860. The average molecular weight is 289 g/mol. The molecule has 1 aromatic carbocycles. The maximum Gasteiger partial charge on any atom is 0.0804 e. The number of likely N-dealkylation sites (tertiary alicyclic amines) is 1. The van der Waals surface area contributed by atoms with Crippen LogP contribution in [-0.4, -0.2) is 29.6 Å². The molecule has 2 rings (SSSR count). The summed E-state index contributed by atoms with van der Waals surface area (Å²) in [5.74, 6) is 0. The van der Waals surface area contributed by atoms with Crippen LogP contribution < -0.4 is 0 Å². The van der Waals surface area contributed by atoms with Crippen molar-refractivity contribution in [2.75, 3.05) is 19.6 Å². The average Bonchev–Trinajstić information content (AvgIpc) is 2.53. The molecule has 2 heteroatoms. The van der Waals surface area contributed by atoms with Crippen molar-refractivity contribution < 1.29 is 5.11 Å². The highest BCUT2D eigenvalue weighted by molar-refractivity contribution is 5.27.